The van der Waals surface area contributed by atoms with E-state index < -0.39 is 23.9 Å². The van der Waals surface area contributed by atoms with Crippen molar-refractivity contribution in [3.8, 4) is 11.5 Å². The molecule has 0 saturated carbocycles. The molecular formula is C12H16F3NO2. The standard InChI is InChI=1S/C12H16F3NO2/c1-7(2)6-9(16)8-4-3-5-10(11(8)17)18-12(13,14)15/h3-5,7,9,17H,6,16H2,1-2H3/t9-/m1/s1. The summed E-state index contributed by atoms with van der Waals surface area (Å²) in [5.74, 6) is -0.909. The molecule has 0 radical (unpaired) electrons. The molecular weight excluding hydrogens is 247 g/mol. The molecule has 0 aliphatic carbocycles. The van der Waals surface area contributed by atoms with Gasteiger partial charge in [-0.1, -0.05) is 26.0 Å². The molecule has 18 heavy (non-hydrogen) atoms. The van der Waals surface area contributed by atoms with E-state index in [0.717, 1.165) is 6.07 Å². The third-order valence-corrected chi connectivity index (χ3v) is 2.38. The molecule has 3 N–H and O–H groups in total. The number of nitrogens with two attached hydrogens (primary N) is 1. The lowest BCUT2D eigenvalue weighted by molar-refractivity contribution is -0.275. The lowest BCUT2D eigenvalue weighted by Crippen LogP contribution is -2.18. The van der Waals surface area contributed by atoms with Crippen molar-refractivity contribution in [3.05, 3.63) is 23.8 Å². The molecule has 1 aromatic rings. The Morgan fingerprint density at radius 3 is 2.44 bits per heavy atom. The van der Waals surface area contributed by atoms with Crippen LogP contribution in [0.1, 0.15) is 31.9 Å². The minimum atomic E-state index is -4.84. The van der Waals surface area contributed by atoms with Gasteiger partial charge >= 0.3 is 6.36 Å². The highest BCUT2D eigenvalue weighted by atomic mass is 19.4. The van der Waals surface area contributed by atoms with Gasteiger partial charge in [0.1, 0.15) is 0 Å². The second-order valence-corrected chi connectivity index (χ2v) is 4.48. The Balaban J connectivity index is 2.98. The highest BCUT2D eigenvalue weighted by Crippen LogP contribution is 2.37. The molecule has 1 atom stereocenters. The van der Waals surface area contributed by atoms with E-state index >= 15 is 0 Å². The van der Waals surface area contributed by atoms with Gasteiger partial charge in [0.2, 0.25) is 0 Å². The average Bonchev–Trinajstić information content (AvgIpc) is 2.18. The van der Waals surface area contributed by atoms with Gasteiger partial charge in [-0.2, -0.15) is 0 Å². The maximum atomic E-state index is 12.1. The largest absolute Gasteiger partial charge is 0.573 e. The van der Waals surface area contributed by atoms with E-state index in [2.05, 4.69) is 4.74 Å². The fraction of sp³-hybridized carbons (Fsp3) is 0.500. The van der Waals surface area contributed by atoms with E-state index in [9.17, 15) is 18.3 Å². The van der Waals surface area contributed by atoms with Crippen LogP contribution >= 0.6 is 0 Å². The third kappa shape index (κ3) is 4.10. The van der Waals surface area contributed by atoms with Crippen molar-refractivity contribution in [1.82, 2.24) is 0 Å². The van der Waals surface area contributed by atoms with Crippen LogP contribution in [0.25, 0.3) is 0 Å². The Morgan fingerprint density at radius 2 is 1.94 bits per heavy atom. The number of benzene rings is 1. The first-order chi connectivity index (χ1) is 8.20. The molecule has 0 bridgehead atoms. The number of alkyl halides is 3. The summed E-state index contributed by atoms with van der Waals surface area (Å²) in [7, 11) is 0. The van der Waals surface area contributed by atoms with E-state index in [4.69, 9.17) is 5.73 Å². The number of phenolic OH excluding ortho intramolecular Hbond substituents is 1. The van der Waals surface area contributed by atoms with Gasteiger partial charge < -0.3 is 15.6 Å². The third-order valence-electron chi connectivity index (χ3n) is 2.38. The maximum Gasteiger partial charge on any atom is 0.573 e. The Hall–Kier alpha value is -1.43. The lowest BCUT2D eigenvalue weighted by atomic mass is 9.97. The summed E-state index contributed by atoms with van der Waals surface area (Å²) in [5, 5.41) is 9.73. The van der Waals surface area contributed by atoms with Crippen LogP contribution < -0.4 is 10.5 Å². The molecule has 6 heteroatoms. The van der Waals surface area contributed by atoms with Crippen molar-refractivity contribution in [2.75, 3.05) is 0 Å². The van der Waals surface area contributed by atoms with Crippen LogP contribution in [-0.2, 0) is 0 Å². The van der Waals surface area contributed by atoms with E-state index in [1.807, 2.05) is 13.8 Å². The summed E-state index contributed by atoms with van der Waals surface area (Å²) >= 11 is 0. The summed E-state index contributed by atoms with van der Waals surface area (Å²) in [5.41, 5.74) is 6.09. The fourth-order valence-corrected chi connectivity index (χ4v) is 1.68. The molecule has 0 saturated heterocycles. The number of hydrogen-bond acceptors (Lipinski definition) is 3. The van der Waals surface area contributed by atoms with Gasteiger partial charge in [-0.3, -0.25) is 0 Å². The number of aromatic hydroxyl groups is 1. The normalized spacial score (nSPS) is 13.7. The second kappa shape index (κ2) is 5.48. The zero-order chi connectivity index (χ0) is 13.9. The Morgan fingerprint density at radius 1 is 1.33 bits per heavy atom. The van der Waals surface area contributed by atoms with Crippen LogP contribution in [0.4, 0.5) is 13.2 Å². The molecule has 1 aromatic carbocycles. The molecule has 0 amide bonds. The summed E-state index contributed by atoms with van der Waals surface area (Å²) in [6.45, 7) is 3.87. The Bertz CT molecular complexity index is 405. The zero-order valence-electron chi connectivity index (χ0n) is 10.2. The SMILES string of the molecule is CC(C)C[C@@H](N)c1cccc(OC(F)(F)F)c1O. The molecule has 1 rings (SSSR count). The average molecular weight is 263 g/mol. The topological polar surface area (TPSA) is 55.5 Å². The summed E-state index contributed by atoms with van der Waals surface area (Å²) < 4.78 is 40.0. The number of ether oxygens (including phenoxy) is 1. The van der Waals surface area contributed by atoms with Crippen molar-refractivity contribution in [2.45, 2.75) is 32.7 Å². The predicted molar refractivity (Wildman–Crippen MR) is 61.2 cm³/mol. The van der Waals surface area contributed by atoms with E-state index in [1.54, 1.807) is 0 Å². The van der Waals surface area contributed by atoms with Gasteiger partial charge in [0.05, 0.1) is 0 Å². The highest BCUT2D eigenvalue weighted by molar-refractivity contribution is 5.46. The molecule has 0 heterocycles. The molecule has 0 aliphatic heterocycles. The molecule has 0 aliphatic rings. The van der Waals surface area contributed by atoms with Crippen LogP contribution in [0.3, 0.4) is 0 Å². The summed E-state index contributed by atoms with van der Waals surface area (Å²) in [4.78, 5) is 0. The van der Waals surface area contributed by atoms with Gasteiger partial charge in [-0.25, -0.2) is 0 Å². The number of halogens is 3. The number of rotatable bonds is 4. The zero-order valence-corrected chi connectivity index (χ0v) is 10.2. The molecule has 0 unspecified atom stereocenters. The molecule has 0 aromatic heterocycles. The Labute approximate surface area is 103 Å². The van der Waals surface area contributed by atoms with Crippen LogP contribution in [0, 0.1) is 5.92 Å². The van der Waals surface area contributed by atoms with Crippen LogP contribution in [-0.4, -0.2) is 11.5 Å². The van der Waals surface area contributed by atoms with Gasteiger partial charge in [0.15, 0.2) is 11.5 Å². The van der Waals surface area contributed by atoms with Crippen LogP contribution in [0.15, 0.2) is 18.2 Å². The quantitative estimate of drug-likeness (QED) is 0.876. The first-order valence-corrected chi connectivity index (χ1v) is 5.54. The molecule has 0 spiro atoms. The van der Waals surface area contributed by atoms with E-state index in [0.29, 0.717) is 6.42 Å². The summed E-state index contributed by atoms with van der Waals surface area (Å²) in [6.07, 6.45) is -4.28. The van der Waals surface area contributed by atoms with Crippen molar-refractivity contribution >= 4 is 0 Å². The number of phenols is 1. The Kier molecular flexibility index (Phi) is 4.45. The van der Waals surface area contributed by atoms with Crippen LogP contribution in [0.2, 0.25) is 0 Å². The maximum absolute atomic E-state index is 12.1. The van der Waals surface area contributed by atoms with Gasteiger partial charge in [0, 0.05) is 11.6 Å². The van der Waals surface area contributed by atoms with E-state index in [1.165, 1.54) is 12.1 Å². The minimum absolute atomic E-state index is 0.255. The first-order valence-electron chi connectivity index (χ1n) is 5.54. The smallest absolute Gasteiger partial charge is 0.504 e. The van der Waals surface area contributed by atoms with Gasteiger partial charge in [-0.05, 0) is 18.4 Å². The molecule has 3 nitrogen and oxygen atoms in total. The van der Waals surface area contributed by atoms with E-state index in [-0.39, 0.29) is 11.5 Å². The first kappa shape index (κ1) is 14.6. The fourth-order valence-electron chi connectivity index (χ4n) is 1.68. The highest BCUT2D eigenvalue weighted by Gasteiger charge is 2.33. The van der Waals surface area contributed by atoms with Gasteiger partial charge in [0.25, 0.3) is 0 Å². The monoisotopic (exact) mass is 263 g/mol. The predicted octanol–water partition coefficient (Wildman–Crippen LogP) is 3.34. The van der Waals surface area contributed by atoms with Crippen LogP contribution in [0.5, 0.6) is 11.5 Å². The number of para-hydroxylation sites is 1. The van der Waals surface area contributed by atoms with Gasteiger partial charge in [-0.15, -0.1) is 13.2 Å². The second-order valence-electron chi connectivity index (χ2n) is 4.48. The molecule has 102 valence electrons. The molecule has 0 fully saturated rings. The number of hydrogen-bond donors (Lipinski definition) is 2. The lowest BCUT2D eigenvalue weighted by Gasteiger charge is -2.18. The summed E-state index contributed by atoms with van der Waals surface area (Å²) in [6, 6.07) is 3.39. The van der Waals surface area contributed by atoms with Crippen molar-refractivity contribution in [2.24, 2.45) is 11.7 Å². The van der Waals surface area contributed by atoms with Crippen molar-refractivity contribution in [3.63, 3.8) is 0 Å². The van der Waals surface area contributed by atoms with Crippen molar-refractivity contribution in [1.29, 1.82) is 0 Å². The van der Waals surface area contributed by atoms with Crippen molar-refractivity contribution < 1.29 is 23.0 Å². The minimum Gasteiger partial charge on any atom is -0.504 e.